The van der Waals surface area contributed by atoms with Crippen LogP contribution >= 0.6 is 0 Å². The van der Waals surface area contributed by atoms with Gasteiger partial charge in [-0.3, -0.25) is 0 Å². The zero-order valence-electron chi connectivity index (χ0n) is 7.61. The minimum absolute atomic E-state index is 0.951. The van der Waals surface area contributed by atoms with Gasteiger partial charge in [0.25, 0.3) is 0 Å². The van der Waals surface area contributed by atoms with Crippen LogP contribution < -0.4 is 0 Å². The van der Waals surface area contributed by atoms with Crippen molar-refractivity contribution in [3.8, 4) is 0 Å². The summed E-state index contributed by atoms with van der Waals surface area (Å²) < 4.78 is 77.5. The topological polar surface area (TPSA) is 35.5 Å². The SMILES string of the molecule is C=C(F)C(=O)OCCOC(F)(F)C(F)(F)F. The van der Waals surface area contributed by atoms with Crippen molar-refractivity contribution < 1.29 is 40.6 Å². The van der Waals surface area contributed by atoms with Crippen molar-refractivity contribution in [1.82, 2.24) is 0 Å². The smallest absolute Gasteiger partial charge is 0.458 e. The van der Waals surface area contributed by atoms with Crippen LogP contribution in [0, 0.1) is 0 Å². The van der Waals surface area contributed by atoms with E-state index in [1.54, 1.807) is 0 Å². The Morgan fingerprint density at radius 1 is 1.12 bits per heavy atom. The Kier molecular flexibility index (Phi) is 4.79. The molecular weight excluding hydrogens is 246 g/mol. The lowest BCUT2D eigenvalue weighted by Gasteiger charge is -2.19. The normalized spacial score (nSPS) is 12.4. The molecule has 0 fully saturated rings. The largest absolute Gasteiger partial charge is 0.482 e. The van der Waals surface area contributed by atoms with E-state index in [2.05, 4.69) is 16.1 Å². The maximum Gasteiger partial charge on any atom is 0.482 e. The van der Waals surface area contributed by atoms with Gasteiger partial charge in [-0.2, -0.15) is 26.3 Å². The highest BCUT2D eigenvalue weighted by Crippen LogP contribution is 2.35. The van der Waals surface area contributed by atoms with Crippen molar-refractivity contribution in [2.45, 2.75) is 12.3 Å². The van der Waals surface area contributed by atoms with Crippen molar-refractivity contribution in [1.29, 1.82) is 0 Å². The van der Waals surface area contributed by atoms with Crippen LogP contribution in [0.3, 0.4) is 0 Å². The average Bonchev–Trinajstić information content (AvgIpc) is 2.09. The van der Waals surface area contributed by atoms with Crippen LogP contribution in [0.15, 0.2) is 12.4 Å². The maximum absolute atomic E-state index is 12.0. The lowest BCUT2D eigenvalue weighted by Crippen LogP contribution is -2.40. The van der Waals surface area contributed by atoms with Gasteiger partial charge in [0.15, 0.2) is 0 Å². The van der Waals surface area contributed by atoms with Crippen LogP contribution in [-0.2, 0) is 14.3 Å². The van der Waals surface area contributed by atoms with Crippen LogP contribution in [0.2, 0.25) is 0 Å². The van der Waals surface area contributed by atoms with Crippen molar-refractivity contribution in [2.24, 2.45) is 0 Å². The van der Waals surface area contributed by atoms with E-state index < -0.39 is 37.3 Å². The van der Waals surface area contributed by atoms with E-state index in [9.17, 15) is 31.1 Å². The van der Waals surface area contributed by atoms with Gasteiger partial charge in [-0.25, -0.2) is 4.79 Å². The van der Waals surface area contributed by atoms with E-state index in [0.29, 0.717) is 0 Å². The molecule has 0 amide bonds. The van der Waals surface area contributed by atoms with Crippen molar-refractivity contribution in [3.63, 3.8) is 0 Å². The van der Waals surface area contributed by atoms with Gasteiger partial charge < -0.3 is 9.47 Å². The summed E-state index contributed by atoms with van der Waals surface area (Å²) in [6, 6.07) is 0. The summed E-state index contributed by atoms with van der Waals surface area (Å²) in [5.74, 6) is -3.05. The summed E-state index contributed by atoms with van der Waals surface area (Å²) >= 11 is 0. The third-order valence-electron chi connectivity index (χ3n) is 1.15. The Balaban J connectivity index is 3.92. The second kappa shape index (κ2) is 5.19. The molecule has 0 aromatic heterocycles. The van der Waals surface area contributed by atoms with Crippen molar-refractivity contribution in [3.05, 3.63) is 12.4 Å². The molecule has 0 aliphatic carbocycles. The van der Waals surface area contributed by atoms with Gasteiger partial charge >= 0.3 is 18.3 Å². The van der Waals surface area contributed by atoms with Crippen LogP contribution in [0.25, 0.3) is 0 Å². The summed E-state index contributed by atoms with van der Waals surface area (Å²) in [7, 11) is 0. The number of alkyl halides is 5. The average molecular weight is 252 g/mol. The van der Waals surface area contributed by atoms with Crippen LogP contribution in [0.1, 0.15) is 0 Å². The summed E-state index contributed by atoms with van der Waals surface area (Å²) in [6.45, 7) is 0.330. The van der Waals surface area contributed by atoms with E-state index in [4.69, 9.17) is 0 Å². The molecule has 0 spiro atoms. The van der Waals surface area contributed by atoms with Crippen molar-refractivity contribution in [2.75, 3.05) is 13.2 Å². The van der Waals surface area contributed by atoms with Gasteiger partial charge in [0.2, 0.25) is 5.83 Å². The number of halogens is 6. The number of carbonyl (C=O) groups excluding carboxylic acids is 1. The Bertz CT molecular complexity index is 272. The molecule has 3 nitrogen and oxygen atoms in total. The molecule has 0 N–H and O–H groups in total. The molecule has 0 radical (unpaired) electrons. The van der Waals surface area contributed by atoms with E-state index in [-0.39, 0.29) is 0 Å². The second-order valence-corrected chi connectivity index (χ2v) is 2.40. The molecule has 0 aliphatic heterocycles. The molecule has 0 bridgehead atoms. The molecule has 16 heavy (non-hydrogen) atoms. The Morgan fingerprint density at radius 3 is 2.00 bits per heavy atom. The van der Waals surface area contributed by atoms with Gasteiger partial charge in [0.05, 0.1) is 6.61 Å². The molecule has 0 rings (SSSR count). The highest BCUT2D eigenvalue weighted by Gasteiger charge is 2.59. The number of rotatable bonds is 5. The Labute approximate surface area is 85.6 Å². The molecule has 94 valence electrons. The Hall–Kier alpha value is -1.25. The van der Waals surface area contributed by atoms with Gasteiger partial charge in [0, 0.05) is 0 Å². The van der Waals surface area contributed by atoms with E-state index in [1.165, 1.54) is 0 Å². The van der Waals surface area contributed by atoms with Crippen molar-refractivity contribution >= 4 is 5.97 Å². The lowest BCUT2D eigenvalue weighted by atomic mass is 10.6. The monoisotopic (exact) mass is 252 g/mol. The fourth-order valence-electron chi connectivity index (χ4n) is 0.464. The van der Waals surface area contributed by atoms with Gasteiger partial charge in [-0.15, -0.1) is 0 Å². The number of carbonyl (C=O) groups is 1. The second-order valence-electron chi connectivity index (χ2n) is 2.40. The van der Waals surface area contributed by atoms with E-state index in [0.717, 1.165) is 0 Å². The fraction of sp³-hybridized carbons (Fsp3) is 0.571. The Morgan fingerprint density at radius 2 is 1.62 bits per heavy atom. The fourth-order valence-corrected chi connectivity index (χ4v) is 0.464. The maximum atomic E-state index is 12.0. The van der Waals surface area contributed by atoms with Gasteiger partial charge in [-0.05, 0) is 0 Å². The van der Waals surface area contributed by atoms with Gasteiger partial charge in [0.1, 0.15) is 6.61 Å². The highest BCUT2D eigenvalue weighted by molar-refractivity contribution is 5.85. The molecule has 0 saturated carbocycles. The highest BCUT2D eigenvalue weighted by atomic mass is 19.4. The molecule has 0 saturated heterocycles. The predicted octanol–water partition coefficient (Wildman–Crippen LogP) is 2.18. The predicted molar refractivity (Wildman–Crippen MR) is 38.2 cm³/mol. The minimum atomic E-state index is -5.86. The number of ether oxygens (including phenoxy) is 2. The quantitative estimate of drug-likeness (QED) is 0.325. The zero-order valence-corrected chi connectivity index (χ0v) is 7.61. The number of esters is 1. The first-order valence-corrected chi connectivity index (χ1v) is 3.68. The summed E-state index contributed by atoms with van der Waals surface area (Å²) in [5.41, 5.74) is 0. The first-order valence-electron chi connectivity index (χ1n) is 3.68. The molecule has 9 heteroatoms. The summed E-state index contributed by atoms with van der Waals surface area (Å²) in [5, 5.41) is 0. The minimum Gasteiger partial charge on any atom is -0.458 e. The van der Waals surface area contributed by atoms with Gasteiger partial charge in [-0.1, -0.05) is 6.58 Å². The molecule has 0 aromatic carbocycles. The molecule has 0 aliphatic rings. The molecule has 0 aromatic rings. The van der Waals surface area contributed by atoms with E-state index >= 15 is 0 Å². The third kappa shape index (κ3) is 4.51. The molecule has 0 unspecified atom stereocenters. The summed E-state index contributed by atoms with van der Waals surface area (Å²) in [4.78, 5) is 10.3. The van der Waals surface area contributed by atoms with Crippen LogP contribution in [-0.4, -0.2) is 31.5 Å². The van der Waals surface area contributed by atoms with E-state index in [1.807, 2.05) is 0 Å². The van der Waals surface area contributed by atoms with Crippen LogP contribution in [0.5, 0.6) is 0 Å². The lowest BCUT2D eigenvalue weighted by molar-refractivity contribution is -0.391. The number of hydrogen-bond acceptors (Lipinski definition) is 3. The first kappa shape index (κ1) is 14.8. The standard InChI is InChI=1S/C7H6F6O3/c1-4(8)5(14)15-2-3-16-7(12,13)6(9,10)11/h1-3H2. The molecule has 0 atom stereocenters. The third-order valence-corrected chi connectivity index (χ3v) is 1.15. The number of hydrogen-bond donors (Lipinski definition) is 0. The van der Waals surface area contributed by atoms with Crippen LogP contribution in [0.4, 0.5) is 26.3 Å². The molecule has 0 heterocycles. The first-order chi connectivity index (χ1) is 7.08. The molecular formula is C7H6F6O3. The summed E-state index contributed by atoms with van der Waals surface area (Å²) in [6.07, 6.45) is -11.2. The zero-order chi connectivity index (χ0) is 13.0.